The molecule has 0 unspecified atom stereocenters. The number of carbonyl (C=O) groups is 1. The molecule has 14 heavy (non-hydrogen) atoms. The van der Waals surface area contributed by atoms with Gasteiger partial charge in [-0.25, -0.2) is 4.98 Å². The summed E-state index contributed by atoms with van der Waals surface area (Å²) in [6.45, 7) is 4.14. The van der Waals surface area contributed by atoms with Crippen LogP contribution in [0, 0.1) is 5.92 Å². The van der Waals surface area contributed by atoms with Crippen LogP contribution in [0.25, 0.3) is 0 Å². The molecule has 0 aromatic carbocycles. The second-order valence-electron chi connectivity index (χ2n) is 3.35. The lowest BCUT2D eigenvalue weighted by atomic mass is 10.0. The van der Waals surface area contributed by atoms with Gasteiger partial charge in [0.05, 0.1) is 6.04 Å². The zero-order valence-electron chi connectivity index (χ0n) is 8.36. The number of thiazole rings is 1. The fraction of sp³-hybridized carbons (Fsp3) is 0.556. The van der Waals surface area contributed by atoms with E-state index >= 15 is 0 Å². The molecule has 78 valence electrons. The van der Waals surface area contributed by atoms with Gasteiger partial charge in [-0.3, -0.25) is 4.79 Å². The fourth-order valence-corrected chi connectivity index (χ4v) is 1.99. The van der Waals surface area contributed by atoms with Crippen LogP contribution >= 0.6 is 11.3 Å². The van der Waals surface area contributed by atoms with Gasteiger partial charge in [0.1, 0.15) is 10.7 Å². The molecule has 1 amide bonds. The van der Waals surface area contributed by atoms with Crippen LogP contribution in [0.3, 0.4) is 0 Å². The molecule has 0 aliphatic carbocycles. The summed E-state index contributed by atoms with van der Waals surface area (Å²) in [6, 6.07) is -0.0990. The average Bonchev–Trinajstić information content (AvgIpc) is 2.64. The van der Waals surface area contributed by atoms with Gasteiger partial charge >= 0.3 is 0 Å². The quantitative estimate of drug-likeness (QED) is 0.790. The molecule has 1 rings (SSSR count). The van der Waals surface area contributed by atoms with E-state index in [1.54, 1.807) is 5.38 Å². The first-order chi connectivity index (χ1) is 6.56. The van der Waals surface area contributed by atoms with Crippen LogP contribution in [-0.2, 0) is 0 Å². The Balaban J connectivity index is 2.81. The van der Waals surface area contributed by atoms with E-state index in [1.807, 2.05) is 0 Å². The van der Waals surface area contributed by atoms with Gasteiger partial charge in [0.25, 0.3) is 5.91 Å². The second kappa shape index (κ2) is 4.52. The maximum Gasteiger partial charge on any atom is 0.268 e. The molecule has 4 N–H and O–H groups in total. The minimum absolute atomic E-state index is 0.0990. The van der Waals surface area contributed by atoms with Gasteiger partial charge in [0.15, 0.2) is 0 Å². The van der Waals surface area contributed by atoms with Crippen LogP contribution in [0.2, 0.25) is 0 Å². The summed E-state index contributed by atoms with van der Waals surface area (Å²) in [5.41, 5.74) is 11.4. The van der Waals surface area contributed by atoms with E-state index < -0.39 is 5.91 Å². The third-order valence-electron chi connectivity index (χ3n) is 2.32. The molecule has 0 aliphatic heterocycles. The second-order valence-corrected chi connectivity index (χ2v) is 4.24. The van der Waals surface area contributed by atoms with Crippen molar-refractivity contribution in [2.45, 2.75) is 26.3 Å². The lowest BCUT2D eigenvalue weighted by molar-refractivity contribution is 0.0996. The van der Waals surface area contributed by atoms with E-state index in [4.69, 9.17) is 11.5 Å². The lowest BCUT2D eigenvalue weighted by Crippen LogP contribution is -2.19. The van der Waals surface area contributed by atoms with Gasteiger partial charge in [-0.1, -0.05) is 20.3 Å². The van der Waals surface area contributed by atoms with Crippen molar-refractivity contribution in [3.8, 4) is 0 Å². The smallest absolute Gasteiger partial charge is 0.268 e. The van der Waals surface area contributed by atoms with Crippen LogP contribution in [-0.4, -0.2) is 10.9 Å². The minimum atomic E-state index is -0.496. The summed E-state index contributed by atoms with van der Waals surface area (Å²) in [7, 11) is 0. The van der Waals surface area contributed by atoms with Crippen molar-refractivity contribution in [3.05, 3.63) is 16.1 Å². The van der Waals surface area contributed by atoms with Gasteiger partial charge in [0.2, 0.25) is 0 Å². The highest BCUT2D eigenvalue weighted by molar-refractivity contribution is 7.09. The molecule has 1 aromatic heterocycles. The number of aromatic nitrogens is 1. The normalized spacial score (nSPS) is 15.1. The Labute approximate surface area is 87.3 Å². The number of nitrogens with zero attached hydrogens (tertiary/aromatic N) is 1. The highest BCUT2D eigenvalue weighted by atomic mass is 32.1. The average molecular weight is 213 g/mol. The van der Waals surface area contributed by atoms with Crippen LogP contribution in [0.15, 0.2) is 5.38 Å². The standard InChI is InChI=1S/C9H15N3OS/c1-3-5(2)7(10)9-12-6(4-14-9)8(11)13/h4-5,7H,3,10H2,1-2H3,(H2,11,13)/t5-,7-/m0/s1. The van der Waals surface area contributed by atoms with Crippen molar-refractivity contribution in [1.29, 1.82) is 0 Å². The Kier molecular flexibility index (Phi) is 3.60. The molecule has 0 spiro atoms. The van der Waals surface area contributed by atoms with Crippen molar-refractivity contribution < 1.29 is 4.79 Å². The zero-order valence-corrected chi connectivity index (χ0v) is 9.17. The molecule has 4 nitrogen and oxygen atoms in total. The molecule has 0 bridgehead atoms. The van der Waals surface area contributed by atoms with Gasteiger partial charge in [-0.15, -0.1) is 11.3 Å². The van der Waals surface area contributed by atoms with E-state index in [-0.39, 0.29) is 6.04 Å². The van der Waals surface area contributed by atoms with E-state index in [0.717, 1.165) is 11.4 Å². The van der Waals surface area contributed by atoms with Crippen molar-refractivity contribution in [2.24, 2.45) is 17.4 Å². The van der Waals surface area contributed by atoms with Crippen LogP contribution in [0.5, 0.6) is 0 Å². The summed E-state index contributed by atoms with van der Waals surface area (Å²) in [5.74, 6) is -0.134. The van der Waals surface area contributed by atoms with Gasteiger partial charge in [-0.2, -0.15) is 0 Å². The van der Waals surface area contributed by atoms with E-state index in [9.17, 15) is 4.79 Å². The van der Waals surface area contributed by atoms with Crippen molar-refractivity contribution >= 4 is 17.2 Å². The Morgan fingerprint density at radius 3 is 2.79 bits per heavy atom. The molecule has 5 heteroatoms. The molecule has 0 aliphatic rings. The van der Waals surface area contributed by atoms with Crippen LogP contribution < -0.4 is 11.5 Å². The fourth-order valence-electron chi connectivity index (χ4n) is 1.05. The number of amides is 1. The molecule has 0 saturated heterocycles. The van der Waals surface area contributed by atoms with Crippen molar-refractivity contribution in [1.82, 2.24) is 4.98 Å². The number of hydrogen-bond acceptors (Lipinski definition) is 4. The maximum absolute atomic E-state index is 10.8. The van der Waals surface area contributed by atoms with E-state index in [0.29, 0.717) is 11.6 Å². The van der Waals surface area contributed by atoms with Crippen molar-refractivity contribution in [2.75, 3.05) is 0 Å². The number of primary amides is 1. The monoisotopic (exact) mass is 213 g/mol. The predicted octanol–water partition coefficient (Wildman–Crippen LogP) is 1.29. The van der Waals surface area contributed by atoms with Gasteiger partial charge in [0, 0.05) is 5.38 Å². The van der Waals surface area contributed by atoms with E-state index in [1.165, 1.54) is 11.3 Å². The summed E-state index contributed by atoms with van der Waals surface area (Å²) < 4.78 is 0. The Morgan fingerprint density at radius 2 is 2.36 bits per heavy atom. The van der Waals surface area contributed by atoms with Gasteiger partial charge in [-0.05, 0) is 5.92 Å². The first-order valence-electron chi connectivity index (χ1n) is 4.57. The summed E-state index contributed by atoms with van der Waals surface area (Å²) in [5, 5.41) is 2.44. The summed E-state index contributed by atoms with van der Waals surface area (Å²) >= 11 is 1.39. The highest BCUT2D eigenvalue weighted by Gasteiger charge is 2.17. The molecular weight excluding hydrogens is 198 g/mol. The third kappa shape index (κ3) is 2.30. The SMILES string of the molecule is CC[C@H](C)[C@H](N)c1nc(C(N)=O)cs1. The van der Waals surface area contributed by atoms with E-state index in [2.05, 4.69) is 18.8 Å². The first kappa shape index (κ1) is 11.1. The van der Waals surface area contributed by atoms with Gasteiger partial charge < -0.3 is 11.5 Å². The number of carbonyl (C=O) groups excluding carboxylic acids is 1. The summed E-state index contributed by atoms with van der Waals surface area (Å²) in [6.07, 6.45) is 0.993. The Hall–Kier alpha value is -0.940. The minimum Gasteiger partial charge on any atom is -0.364 e. The third-order valence-corrected chi connectivity index (χ3v) is 3.26. The first-order valence-corrected chi connectivity index (χ1v) is 5.45. The molecule has 1 heterocycles. The van der Waals surface area contributed by atoms with Crippen LogP contribution in [0.1, 0.15) is 41.8 Å². The largest absolute Gasteiger partial charge is 0.364 e. The maximum atomic E-state index is 10.8. The Bertz CT molecular complexity index is 324. The summed E-state index contributed by atoms with van der Waals surface area (Å²) in [4.78, 5) is 14.9. The van der Waals surface area contributed by atoms with Crippen LogP contribution in [0.4, 0.5) is 0 Å². The number of hydrogen-bond donors (Lipinski definition) is 2. The number of rotatable bonds is 4. The molecule has 0 radical (unpaired) electrons. The lowest BCUT2D eigenvalue weighted by Gasteiger charge is -2.14. The zero-order chi connectivity index (χ0) is 10.7. The molecular formula is C9H15N3OS. The van der Waals surface area contributed by atoms with Crippen molar-refractivity contribution in [3.63, 3.8) is 0 Å². The molecule has 2 atom stereocenters. The molecule has 1 aromatic rings. The predicted molar refractivity (Wildman–Crippen MR) is 57.0 cm³/mol. The molecule has 0 fully saturated rings. The number of nitrogens with two attached hydrogens (primary N) is 2. The Morgan fingerprint density at radius 1 is 1.71 bits per heavy atom. The highest BCUT2D eigenvalue weighted by Crippen LogP contribution is 2.24. The molecule has 0 saturated carbocycles. The topological polar surface area (TPSA) is 82.0 Å².